The highest BCUT2D eigenvalue weighted by atomic mass is 79.9. The number of aliphatic imine (C=N–C) groups is 1. The number of benzene rings is 2. The largest absolute Gasteiger partial charge is 0.442 e. The lowest BCUT2D eigenvalue weighted by Crippen LogP contribution is -2.09. The number of nitro groups is 1. The van der Waals surface area contributed by atoms with Gasteiger partial charge in [-0.3, -0.25) is 19.7 Å². The normalized spacial score (nSPS) is 15.1. The molecule has 0 saturated carbocycles. The van der Waals surface area contributed by atoms with E-state index in [1.165, 1.54) is 12.5 Å². The first-order chi connectivity index (χ1) is 14.5. The summed E-state index contributed by atoms with van der Waals surface area (Å²) in [5, 5.41) is 11.7. The summed E-state index contributed by atoms with van der Waals surface area (Å²) in [6.07, 6.45) is 4.68. The van der Waals surface area contributed by atoms with Crippen molar-refractivity contribution in [2.24, 2.45) is 4.99 Å². The standard InChI is InChI=1S/C21H14BrN5O3/c1-12-21-20(18-9-23-11-30-18)24-10-26(21)16-7-6-13(22)8-15(16)19(25-12)14-4-2-3-5-17(14)27(28)29/h2-12H,1H3/t12-/m1/s1. The first-order valence-corrected chi connectivity index (χ1v) is 9.92. The number of nitrogens with zero attached hydrogens (tertiary/aromatic N) is 5. The van der Waals surface area contributed by atoms with Crippen LogP contribution in [-0.2, 0) is 0 Å². The highest BCUT2D eigenvalue weighted by Gasteiger charge is 2.30. The molecule has 0 saturated heterocycles. The van der Waals surface area contributed by atoms with Gasteiger partial charge in [-0.15, -0.1) is 0 Å². The number of rotatable bonds is 3. The summed E-state index contributed by atoms with van der Waals surface area (Å²) in [5.74, 6) is 0.540. The summed E-state index contributed by atoms with van der Waals surface area (Å²) in [6.45, 7) is 1.93. The summed E-state index contributed by atoms with van der Waals surface area (Å²) in [5.41, 5.74) is 4.09. The molecule has 0 bridgehead atoms. The molecule has 3 heterocycles. The third-order valence-electron chi connectivity index (χ3n) is 5.02. The molecule has 30 heavy (non-hydrogen) atoms. The van der Waals surface area contributed by atoms with Gasteiger partial charge in [0, 0.05) is 16.1 Å². The Kier molecular flexibility index (Phi) is 4.32. The molecule has 9 heteroatoms. The van der Waals surface area contributed by atoms with Gasteiger partial charge in [0.1, 0.15) is 12.0 Å². The van der Waals surface area contributed by atoms with Crippen LogP contribution in [-0.4, -0.2) is 25.2 Å². The molecule has 0 N–H and O–H groups in total. The van der Waals surface area contributed by atoms with Crippen LogP contribution in [0.3, 0.4) is 0 Å². The summed E-state index contributed by atoms with van der Waals surface area (Å²) in [4.78, 5) is 24.8. The van der Waals surface area contributed by atoms with Crippen molar-refractivity contribution in [3.63, 3.8) is 0 Å². The van der Waals surface area contributed by atoms with Crippen LogP contribution in [0, 0.1) is 10.1 Å². The van der Waals surface area contributed by atoms with Crippen molar-refractivity contribution in [2.75, 3.05) is 0 Å². The fraction of sp³-hybridized carbons (Fsp3) is 0.0952. The van der Waals surface area contributed by atoms with Gasteiger partial charge in [0.2, 0.25) is 0 Å². The topological polar surface area (TPSA) is 99.3 Å². The van der Waals surface area contributed by atoms with Gasteiger partial charge < -0.3 is 4.42 Å². The molecular weight excluding hydrogens is 450 g/mol. The van der Waals surface area contributed by atoms with E-state index in [0.29, 0.717) is 22.7 Å². The summed E-state index contributed by atoms with van der Waals surface area (Å²) in [7, 11) is 0. The minimum absolute atomic E-state index is 0.00883. The first-order valence-electron chi connectivity index (χ1n) is 9.12. The van der Waals surface area contributed by atoms with E-state index < -0.39 is 0 Å². The fourth-order valence-electron chi connectivity index (χ4n) is 3.75. The second kappa shape index (κ2) is 7.03. The maximum Gasteiger partial charge on any atom is 0.278 e. The van der Waals surface area contributed by atoms with Crippen LogP contribution in [0.1, 0.15) is 29.8 Å². The number of nitro benzene ring substituents is 1. The van der Waals surface area contributed by atoms with Gasteiger partial charge in [0.15, 0.2) is 12.2 Å². The zero-order valence-electron chi connectivity index (χ0n) is 15.7. The summed E-state index contributed by atoms with van der Waals surface area (Å²) >= 11 is 3.52. The van der Waals surface area contributed by atoms with Gasteiger partial charge in [0.05, 0.1) is 39.8 Å². The van der Waals surface area contributed by atoms with Crippen LogP contribution in [0.2, 0.25) is 0 Å². The summed E-state index contributed by atoms with van der Waals surface area (Å²) in [6, 6.07) is 12.1. The lowest BCUT2D eigenvalue weighted by Gasteiger charge is -2.12. The van der Waals surface area contributed by atoms with Crippen LogP contribution < -0.4 is 0 Å². The third kappa shape index (κ3) is 2.86. The van der Waals surface area contributed by atoms with Gasteiger partial charge in [-0.1, -0.05) is 28.1 Å². The van der Waals surface area contributed by atoms with Crippen LogP contribution >= 0.6 is 15.9 Å². The Morgan fingerprint density at radius 1 is 1.20 bits per heavy atom. The van der Waals surface area contributed by atoms with Crippen molar-refractivity contribution in [2.45, 2.75) is 13.0 Å². The van der Waals surface area contributed by atoms with Crippen LogP contribution in [0.5, 0.6) is 0 Å². The van der Waals surface area contributed by atoms with Crippen molar-refractivity contribution in [3.8, 4) is 17.1 Å². The van der Waals surface area contributed by atoms with Crippen LogP contribution in [0.15, 0.2) is 75.3 Å². The van der Waals surface area contributed by atoms with E-state index >= 15 is 0 Å². The molecule has 2 aromatic carbocycles. The predicted molar refractivity (Wildman–Crippen MR) is 114 cm³/mol. The number of halogens is 1. The average molecular weight is 464 g/mol. The van der Waals surface area contributed by atoms with Crippen molar-refractivity contribution in [3.05, 3.63) is 92.8 Å². The predicted octanol–water partition coefficient (Wildman–Crippen LogP) is 5.11. The number of oxazole rings is 1. The van der Waals surface area contributed by atoms with Gasteiger partial charge in [-0.25, -0.2) is 9.97 Å². The monoisotopic (exact) mass is 463 g/mol. The molecule has 1 atom stereocenters. The SMILES string of the molecule is C[C@H]1N=C(c2ccccc2[N+](=O)[O-])c2cc(Br)ccc2-n2cnc(-c3cnco3)c21. The smallest absolute Gasteiger partial charge is 0.278 e. The molecule has 2 aromatic heterocycles. The quantitative estimate of drug-likeness (QED) is 0.310. The molecule has 0 radical (unpaired) electrons. The maximum atomic E-state index is 11.7. The Morgan fingerprint density at radius 3 is 2.80 bits per heavy atom. The number of aromatic nitrogens is 3. The molecule has 148 valence electrons. The van der Waals surface area contributed by atoms with E-state index in [9.17, 15) is 10.1 Å². The highest BCUT2D eigenvalue weighted by molar-refractivity contribution is 9.10. The van der Waals surface area contributed by atoms with Crippen molar-refractivity contribution < 1.29 is 9.34 Å². The average Bonchev–Trinajstić information content (AvgIpc) is 3.39. The van der Waals surface area contributed by atoms with Crippen molar-refractivity contribution >= 4 is 27.3 Å². The summed E-state index contributed by atoms with van der Waals surface area (Å²) < 4.78 is 8.27. The number of hydrogen-bond acceptors (Lipinski definition) is 6. The van der Waals surface area contributed by atoms with Crippen LogP contribution in [0.4, 0.5) is 5.69 Å². The molecule has 0 spiro atoms. The van der Waals surface area contributed by atoms with Crippen molar-refractivity contribution in [1.82, 2.24) is 14.5 Å². The van der Waals surface area contributed by atoms with Crippen molar-refractivity contribution in [1.29, 1.82) is 0 Å². The number of hydrogen-bond donors (Lipinski definition) is 0. The minimum atomic E-state index is -0.382. The lowest BCUT2D eigenvalue weighted by molar-refractivity contribution is -0.385. The molecule has 8 nitrogen and oxygen atoms in total. The van der Waals surface area contributed by atoms with Gasteiger partial charge in [-0.05, 0) is 31.2 Å². The molecule has 1 aliphatic rings. The maximum absolute atomic E-state index is 11.7. The van der Waals surface area contributed by atoms with Gasteiger partial charge >= 0.3 is 0 Å². The van der Waals surface area contributed by atoms with E-state index in [1.54, 1.807) is 30.7 Å². The van der Waals surface area contributed by atoms with Gasteiger partial charge in [0.25, 0.3) is 5.69 Å². The minimum Gasteiger partial charge on any atom is -0.442 e. The molecule has 0 aliphatic carbocycles. The van der Waals surface area contributed by atoms with Gasteiger partial charge in [-0.2, -0.15) is 0 Å². The van der Waals surface area contributed by atoms with E-state index in [-0.39, 0.29) is 16.7 Å². The number of para-hydroxylation sites is 1. The lowest BCUT2D eigenvalue weighted by atomic mass is 9.99. The molecule has 5 rings (SSSR count). The molecule has 0 fully saturated rings. The highest BCUT2D eigenvalue weighted by Crippen LogP contribution is 2.38. The number of fused-ring (bicyclic) bond motifs is 3. The fourth-order valence-corrected chi connectivity index (χ4v) is 4.11. The Labute approximate surface area is 179 Å². The van der Waals surface area contributed by atoms with E-state index in [4.69, 9.17) is 9.41 Å². The first kappa shape index (κ1) is 18.4. The third-order valence-corrected chi connectivity index (χ3v) is 5.51. The Morgan fingerprint density at radius 2 is 2.03 bits per heavy atom. The molecule has 1 aliphatic heterocycles. The van der Waals surface area contributed by atoms with E-state index in [2.05, 4.69) is 25.9 Å². The zero-order chi connectivity index (χ0) is 20.8. The Hall–Kier alpha value is -3.59. The second-order valence-electron chi connectivity index (χ2n) is 6.80. The molecule has 0 amide bonds. The van der Waals surface area contributed by atoms with Crippen LogP contribution in [0.25, 0.3) is 17.1 Å². The Bertz CT molecular complexity index is 1310. The molecular formula is C21H14BrN5O3. The number of imidazole rings is 1. The van der Waals surface area contributed by atoms with E-state index in [0.717, 1.165) is 21.4 Å². The second-order valence-corrected chi connectivity index (χ2v) is 7.72. The van der Waals surface area contributed by atoms with E-state index in [1.807, 2.05) is 29.7 Å². The molecule has 4 aromatic rings. The molecule has 0 unspecified atom stereocenters. The zero-order valence-corrected chi connectivity index (χ0v) is 17.3. The Balaban J connectivity index is 1.82.